The fourth-order valence-electron chi connectivity index (χ4n) is 0. The molecule has 6 heavy (non-hydrogen) atoms. The van der Waals surface area contributed by atoms with Crippen LogP contribution in [0.2, 0.25) is 0 Å². The Morgan fingerprint density at radius 3 is 1.17 bits per heavy atom. The summed E-state index contributed by atoms with van der Waals surface area (Å²) in [5.74, 6) is 0. The van der Waals surface area contributed by atoms with Gasteiger partial charge >= 0.3 is 0 Å². The van der Waals surface area contributed by atoms with E-state index in [-0.39, 0.29) is 41.3 Å². The van der Waals surface area contributed by atoms with Gasteiger partial charge in [0.1, 0.15) is 0 Å². The van der Waals surface area contributed by atoms with Crippen molar-refractivity contribution in [3.05, 3.63) is 0 Å². The summed E-state index contributed by atoms with van der Waals surface area (Å²) in [4.78, 5) is 0. The lowest BCUT2D eigenvalue weighted by Gasteiger charge is -1.68. The normalized spacial score (nSPS) is 5.00. The number of rotatable bonds is 1. The summed E-state index contributed by atoms with van der Waals surface area (Å²) in [5, 5.41) is 0. The Morgan fingerprint density at radius 1 is 1.00 bits per heavy atom. The molecule has 2 heteroatoms. The van der Waals surface area contributed by atoms with Gasteiger partial charge < -0.3 is 0 Å². The molecule has 0 spiro atoms. The molecule has 0 N–H and O–H groups in total. The van der Waals surface area contributed by atoms with Gasteiger partial charge in [-0.25, -0.2) is 0 Å². The molecule has 0 bridgehead atoms. The Bertz CT molecular complexity index is 9.51. The van der Waals surface area contributed by atoms with Crippen LogP contribution in [-0.4, -0.2) is 17.4 Å². The van der Waals surface area contributed by atoms with Crippen LogP contribution in [-0.2, 0) is 0 Å². The van der Waals surface area contributed by atoms with E-state index >= 15 is 0 Å². The largest absolute Gasteiger partial charge is 0.187 e. The highest BCUT2D eigenvalue weighted by molar-refractivity contribution is 14.0. The fraction of sp³-hybridized carbons (Fsp3) is 1.00. The maximum Gasteiger partial charge on any atom is 0.187 e. The van der Waals surface area contributed by atoms with E-state index in [2.05, 4.69) is 13.8 Å². The van der Waals surface area contributed by atoms with E-state index in [1.807, 2.05) is 0 Å². The molecule has 0 saturated heterocycles. The van der Waals surface area contributed by atoms with Crippen molar-refractivity contribution in [3.8, 4) is 0 Å². The topological polar surface area (TPSA) is 0 Å². The monoisotopic (exact) mass is 216 g/mol. The van der Waals surface area contributed by atoms with Gasteiger partial charge in [0.15, 0.2) is 17.4 Å². The van der Waals surface area contributed by atoms with Crippen molar-refractivity contribution in [1.29, 1.82) is 0 Å². The summed E-state index contributed by atoms with van der Waals surface area (Å²) in [6.07, 6.45) is 2.64. The van der Waals surface area contributed by atoms with Crippen LogP contribution in [0.1, 0.15) is 26.7 Å². The average Bonchev–Trinajstić information content (AvgIpc) is 1.37. The van der Waals surface area contributed by atoms with Crippen LogP contribution in [0.3, 0.4) is 0 Å². The van der Waals surface area contributed by atoms with Gasteiger partial charge in [-0.3, -0.25) is 0 Å². The Balaban J connectivity index is -0.0000000450. The van der Waals surface area contributed by atoms with E-state index in [9.17, 15) is 0 Å². The van der Waals surface area contributed by atoms with Crippen LogP contribution >= 0.6 is 24.0 Å². The quantitative estimate of drug-likeness (QED) is 0.457. The van der Waals surface area contributed by atoms with Crippen LogP contribution in [0.25, 0.3) is 0 Å². The maximum absolute atomic E-state index is 2.18. The van der Waals surface area contributed by atoms with Crippen molar-refractivity contribution >= 4 is 41.3 Å². The molecule has 0 saturated carbocycles. The zero-order valence-corrected chi connectivity index (χ0v) is 6.15. The molecule has 0 aliphatic rings. The van der Waals surface area contributed by atoms with Crippen molar-refractivity contribution in [2.75, 3.05) is 0 Å². The molecule has 0 aromatic carbocycles. The molecule has 0 fully saturated rings. The van der Waals surface area contributed by atoms with Crippen LogP contribution in [0.4, 0.5) is 0 Å². The lowest BCUT2D eigenvalue weighted by atomic mass is 10.4. The van der Waals surface area contributed by atoms with Crippen molar-refractivity contribution in [2.24, 2.45) is 0 Å². The Hall–Kier alpha value is 1.26. The van der Waals surface area contributed by atoms with E-state index in [4.69, 9.17) is 0 Å². The molecule has 0 heterocycles. The molecule has 0 radical (unpaired) electrons. The zero-order chi connectivity index (χ0) is 3.41. The molecular weight excluding hydrogens is 202 g/mol. The number of hydrogen-bond donors (Lipinski definition) is 0. The zero-order valence-electron chi connectivity index (χ0n) is 3.82. The minimum absolute atomic E-state index is 0. The van der Waals surface area contributed by atoms with Gasteiger partial charge in [0, 0.05) is 0 Å². The predicted molar refractivity (Wildman–Crippen MR) is 45.9 cm³/mol. The Morgan fingerprint density at radius 2 is 1.17 bits per heavy atom. The lowest BCUT2D eigenvalue weighted by molar-refractivity contribution is 0.886. The molecule has 0 rings (SSSR count). The van der Waals surface area contributed by atoms with Crippen LogP contribution in [0.5, 0.6) is 0 Å². The second kappa shape index (κ2) is 16.3. The summed E-state index contributed by atoms with van der Waals surface area (Å²) in [5.41, 5.74) is 0. The highest BCUT2D eigenvalue weighted by Crippen LogP contribution is 1.76. The molecular formula is C4H14AlI. The van der Waals surface area contributed by atoms with E-state index in [1.165, 1.54) is 12.8 Å². The first-order chi connectivity index (χ1) is 1.91. The van der Waals surface area contributed by atoms with Gasteiger partial charge in [0.25, 0.3) is 0 Å². The number of hydrogen-bond acceptors (Lipinski definition) is 0. The van der Waals surface area contributed by atoms with Gasteiger partial charge in [-0.15, -0.1) is 24.0 Å². The van der Waals surface area contributed by atoms with Crippen molar-refractivity contribution in [2.45, 2.75) is 26.7 Å². The molecule has 0 aliphatic carbocycles. The van der Waals surface area contributed by atoms with Crippen LogP contribution in [0, 0.1) is 0 Å². The molecule has 0 atom stereocenters. The second-order valence-corrected chi connectivity index (χ2v) is 1.000. The van der Waals surface area contributed by atoms with Gasteiger partial charge in [0.05, 0.1) is 0 Å². The van der Waals surface area contributed by atoms with E-state index in [0.717, 1.165) is 0 Å². The summed E-state index contributed by atoms with van der Waals surface area (Å²) in [6.45, 7) is 4.36. The number of unbranched alkanes of at least 4 members (excludes halogenated alkanes) is 1. The third kappa shape index (κ3) is 18.7. The minimum Gasteiger partial charge on any atom is -0.107 e. The van der Waals surface area contributed by atoms with Crippen molar-refractivity contribution in [3.63, 3.8) is 0 Å². The number of halogens is 1. The third-order valence-electron chi connectivity index (χ3n) is 0.500. The molecule has 0 aliphatic heterocycles. The van der Waals surface area contributed by atoms with Gasteiger partial charge in [-0.1, -0.05) is 26.7 Å². The van der Waals surface area contributed by atoms with E-state index < -0.39 is 0 Å². The van der Waals surface area contributed by atoms with Crippen molar-refractivity contribution in [1.82, 2.24) is 0 Å². The minimum atomic E-state index is 0. The third-order valence-corrected chi connectivity index (χ3v) is 0.500. The SMILES string of the molecule is CCCC.I.[AlH3]. The first-order valence-electron chi connectivity index (χ1n) is 1.91. The second-order valence-electron chi connectivity index (χ2n) is 1.000. The van der Waals surface area contributed by atoms with Gasteiger partial charge in [0.2, 0.25) is 0 Å². The Labute approximate surface area is 67.9 Å². The summed E-state index contributed by atoms with van der Waals surface area (Å²) in [7, 11) is 0. The molecule has 0 nitrogen and oxygen atoms in total. The highest BCUT2D eigenvalue weighted by atomic mass is 127. The van der Waals surface area contributed by atoms with Crippen LogP contribution in [0.15, 0.2) is 0 Å². The first kappa shape index (κ1) is 15.7. The van der Waals surface area contributed by atoms with E-state index in [1.54, 1.807) is 0 Å². The smallest absolute Gasteiger partial charge is 0.107 e. The molecule has 40 valence electrons. The van der Waals surface area contributed by atoms with Crippen LogP contribution < -0.4 is 0 Å². The first-order valence-corrected chi connectivity index (χ1v) is 1.91. The molecule has 0 aromatic rings. The summed E-state index contributed by atoms with van der Waals surface area (Å²) < 4.78 is 0. The Kier molecular flexibility index (Phi) is 42.6. The lowest BCUT2D eigenvalue weighted by Crippen LogP contribution is -1.47. The molecule has 0 amide bonds. The fourth-order valence-corrected chi connectivity index (χ4v) is 0. The summed E-state index contributed by atoms with van der Waals surface area (Å²) in [6, 6.07) is 0. The van der Waals surface area contributed by atoms with Gasteiger partial charge in [-0.2, -0.15) is 0 Å². The van der Waals surface area contributed by atoms with Gasteiger partial charge in [-0.05, 0) is 0 Å². The van der Waals surface area contributed by atoms with E-state index in [0.29, 0.717) is 0 Å². The van der Waals surface area contributed by atoms with Crippen molar-refractivity contribution < 1.29 is 0 Å². The maximum atomic E-state index is 2.18. The average molecular weight is 216 g/mol. The predicted octanol–water partition coefficient (Wildman–Crippen LogP) is 1.24. The standard InChI is InChI=1S/C4H10.Al.HI.3H/c1-3-4-2;;;;;/h3-4H2,1-2H3;;1H;;;. The summed E-state index contributed by atoms with van der Waals surface area (Å²) >= 11 is 0. The molecule has 0 unspecified atom stereocenters. The highest BCUT2D eigenvalue weighted by Gasteiger charge is 1.56. The molecule has 0 aromatic heterocycles.